The molecule has 1 aromatic rings. The van der Waals surface area contributed by atoms with Crippen LogP contribution in [-0.2, 0) is 11.4 Å². The van der Waals surface area contributed by atoms with Gasteiger partial charge < -0.3 is 15.5 Å². The van der Waals surface area contributed by atoms with Gasteiger partial charge in [0.1, 0.15) is 6.61 Å². The molecule has 14 heavy (non-hydrogen) atoms. The first kappa shape index (κ1) is 10.4. The normalized spacial score (nSPS) is 9.29. The van der Waals surface area contributed by atoms with E-state index in [-0.39, 0.29) is 0 Å². The van der Waals surface area contributed by atoms with E-state index in [0.717, 1.165) is 16.9 Å². The third-order valence-corrected chi connectivity index (χ3v) is 1.95. The van der Waals surface area contributed by atoms with Crippen molar-refractivity contribution in [3.63, 3.8) is 0 Å². The summed E-state index contributed by atoms with van der Waals surface area (Å²) in [4.78, 5) is 4.86. The number of hydrogen-bond donors (Lipinski definition) is 2. The number of nitrogens with one attached hydrogen (secondary N) is 2. The van der Waals surface area contributed by atoms with Gasteiger partial charge in [-0.2, -0.15) is 0 Å². The molecule has 0 atom stereocenters. The summed E-state index contributed by atoms with van der Waals surface area (Å²) in [6.07, 6.45) is 0. The van der Waals surface area contributed by atoms with E-state index in [2.05, 4.69) is 22.5 Å². The predicted molar refractivity (Wildman–Crippen MR) is 59.9 cm³/mol. The second-order valence-corrected chi connectivity index (χ2v) is 2.78. The molecule has 0 aliphatic carbocycles. The van der Waals surface area contributed by atoms with Crippen molar-refractivity contribution in [1.82, 2.24) is 0 Å². The standard InChI is InChI=1S/C10H15N3O/c1-11-9-5-4-8(7-14-13-3)6-10(9)12-2/h4-6,11-12H,3,7H2,1-2H3. The van der Waals surface area contributed by atoms with Crippen molar-refractivity contribution in [1.29, 1.82) is 0 Å². The Balaban J connectivity index is 2.83. The van der Waals surface area contributed by atoms with E-state index in [0.29, 0.717) is 6.61 Å². The molecule has 0 spiro atoms. The van der Waals surface area contributed by atoms with Crippen LogP contribution >= 0.6 is 0 Å². The number of oxime groups is 1. The lowest BCUT2D eigenvalue weighted by molar-refractivity contribution is 0.133. The Kier molecular flexibility index (Phi) is 3.79. The molecule has 0 heterocycles. The second kappa shape index (κ2) is 5.11. The molecule has 4 nitrogen and oxygen atoms in total. The Morgan fingerprint density at radius 3 is 2.57 bits per heavy atom. The summed E-state index contributed by atoms with van der Waals surface area (Å²) in [5, 5.41) is 9.53. The SMILES string of the molecule is C=NOCc1ccc(NC)c(NC)c1. The molecule has 0 unspecified atom stereocenters. The Labute approximate surface area is 84.0 Å². The van der Waals surface area contributed by atoms with Gasteiger partial charge in [-0.1, -0.05) is 6.07 Å². The van der Waals surface area contributed by atoms with Gasteiger partial charge in [0.05, 0.1) is 11.4 Å². The molecule has 4 heteroatoms. The van der Waals surface area contributed by atoms with Crippen LogP contribution in [0.4, 0.5) is 11.4 Å². The maximum atomic E-state index is 4.86. The number of nitrogens with zero attached hydrogens (tertiary/aromatic N) is 1. The van der Waals surface area contributed by atoms with Crippen LogP contribution in [0.15, 0.2) is 23.4 Å². The molecule has 76 valence electrons. The number of anilines is 2. The molecule has 0 aliphatic heterocycles. The van der Waals surface area contributed by atoms with Crippen LogP contribution in [-0.4, -0.2) is 20.8 Å². The molecule has 1 aromatic carbocycles. The summed E-state index contributed by atoms with van der Waals surface area (Å²) in [6, 6.07) is 5.99. The van der Waals surface area contributed by atoms with E-state index in [1.165, 1.54) is 0 Å². The zero-order valence-electron chi connectivity index (χ0n) is 8.50. The van der Waals surface area contributed by atoms with E-state index in [4.69, 9.17) is 4.84 Å². The monoisotopic (exact) mass is 193 g/mol. The van der Waals surface area contributed by atoms with Crippen molar-refractivity contribution in [3.05, 3.63) is 23.8 Å². The highest BCUT2D eigenvalue weighted by Gasteiger charge is 2.00. The van der Waals surface area contributed by atoms with E-state index < -0.39 is 0 Å². The average molecular weight is 193 g/mol. The Bertz CT molecular complexity index is 312. The Morgan fingerprint density at radius 2 is 2.00 bits per heavy atom. The summed E-state index contributed by atoms with van der Waals surface area (Å²) in [7, 11) is 3.77. The maximum absolute atomic E-state index is 4.86. The zero-order chi connectivity index (χ0) is 10.4. The van der Waals surface area contributed by atoms with Crippen LogP contribution in [0.3, 0.4) is 0 Å². The Hall–Kier alpha value is -1.71. The van der Waals surface area contributed by atoms with Crippen LogP contribution in [0, 0.1) is 0 Å². The van der Waals surface area contributed by atoms with Crippen molar-refractivity contribution < 1.29 is 4.84 Å². The maximum Gasteiger partial charge on any atom is 0.142 e. The minimum atomic E-state index is 0.447. The summed E-state index contributed by atoms with van der Waals surface area (Å²) < 4.78 is 0. The predicted octanol–water partition coefficient (Wildman–Crippen LogP) is 1.90. The summed E-state index contributed by atoms with van der Waals surface area (Å²) in [6.45, 7) is 3.70. The number of benzene rings is 1. The molecule has 0 fully saturated rings. The van der Waals surface area contributed by atoms with Gasteiger partial charge in [-0.3, -0.25) is 0 Å². The molecule has 0 amide bonds. The number of hydrogen-bond acceptors (Lipinski definition) is 4. The van der Waals surface area contributed by atoms with Crippen molar-refractivity contribution >= 4 is 18.1 Å². The van der Waals surface area contributed by atoms with E-state index in [1.807, 2.05) is 32.3 Å². The molecule has 0 bridgehead atoms. The first-order valence-electron chi connectivity index (χ1n) is 4.38. The fraction of sp³-hybridized carbons (Fsp3) is 0.300. The van der Waals surface area contributed by atoms with Gasteiger partial charge in [-0.05, 0) is 17.7 Å². The van der Waals surface area contributed by atoms with E-state index in [9.17, 15) is 0 Å². The third-order valence-electron chi connectivity index (χ3n) is 1.95. The second-order valence-electron chi connectivity index (χ2n) is 2.78. The van der Waals surface area contributed by atoms with Crippen LogP contribution in [0.25, 0.3) is 0 Å². The largest absolute Gasteiger partial charge is 0.391 e. The van der Waals surface area contributed by atoms with Crippen molar-refractivity contribution in [2.75, 3.05) is 24.7 Å². The number of rotatable bonds is 5. The summed E-state index contributed by atoms with van der Waals surface area (Å²) in [5.41, 5.74) is 3.15. The fourth-order valence-electron chi connectivity index (χ4n) is 1.23. The molecule has 0 radical (unpaired) electrons. The summed E-state index contributed by atoms with van der Waals surface area (Å²) >= 11 is 0. The molecule has 0 aromatic heterocycles. The molecule has 2 N–H and O–H groups in total. The van der Waals surface area contributed by atoms with E-state index in [1.54, 1.807) is 0 Å². The van der Waals surface area contributed by atoms with Gasteiger partial charge in [0.15, 0.2) is 0 Å². The molecule has 0 saturated carbocycles. The Morgan fingerprint density at radius 1 is 1.29 bits per heavy atom. The highest BCUT2D eigenvalue weighted by Crippen LogP contribution is 2.22. The minimum Gasteiger partial charge on any atom is -0.391 e. The topological polar surface area (TPSA) is 45.6 Å². The molecule has 1 rings (SSSR count). The van der Waals surface area contributed by atoms with Crippen LogP contribution in [0.1, 0.15) is 5.56 Å². The van der Waals surface area contributed by atoms with Gasteiger partial charge in [-0.15, -0.1) is 5.16 Å². The van der Waals surface area contributed by atoms with Crippen LogP contribution in [0.5, 0.6) is 0 Å². The highest BCUT2D eigenvalue weighted by atomic mass is 16.6. The molecule has 0 aliphatic rings. The van der Waals surface area contributed by atoms with Crippen LogP contribution in [0.2, 0.25) is 0 Å². The van der Waals surface area contributed by atoms with E-state index >= 15 is 0 Å². The zero-order valence-corrected chi connectivity index (χ0v) is 8.50. The lowest BCUT2D eigenvalue weighted by Crippen LogP contribution is -1.98. The van der Waals surface area contributed by atoms with Crippen molar-refractivity contribution in [2.24, 2.45) is 5.16 Å². The summed E-state index contributed by atoms with van der Waals surface area (Å²) in [5.74, 6) is 0. The average Bonchev–Trinajstić information content (AvgIpc) is 2.25. The quantitative estimate of drug-likeness (QED) is 0.554. The van der Waals surface area contributed by atoms with Crippen molar-refractivity contribution in [3.8, 4) is 0 Å². The van der Waals surface area contributed by atoms with Crippen molar-refractivity contribution in [2.45, 2.75) is 6.61 Å². The molecular formula is C10H15N3O. The van der Waals surface area contributed by atoms with Gasteiger partial charge in [0.25, 0.3) is 0 Å². The lowest BCUT2D eigenvalue weighted by atomic mass is 10.2. The molecule has 0 saturated heterocycles. The van der Waals surface area contributed by atoms with Gasteiger partial charge in [0, 0.05) is 20.8 Å². The van der Waals surface area contributed by atoms with Crippen LogP contribution < -0.4 is 10.6 Å². The smallest absolute Gasteiger partial charge is 0.142 e. The lowest BCUT2D eigenvalue weighted by Gasteiger charge is -2.10. The molecular weight excluding hydrogens is 178 g/mol. The first-order chi connectivity index (χ1) is 6.81. The van der Waals surface area contributed by atoms with Gasteiger partial charge >= 0.3 is 0 Å². The minimum absolute atomic E-state index is 0.447. The van der Waals surface area contributed by atoms with Gasteiger partial charge in [0.2, 0.25) is 0 Å². The van der Waals surface area contributed by atoms with Gasteiger partial charge in [-0.25, -0.2) is 0 Å². The highest BCUT2D eigenvalue weighted by molar-refractivity contribution is 5.69. The fourth-order valence-corrected chi connectivity index (χ4v) is 1.23. The third kappa shape index (κ3) is 2.39. The first-order valence-corrected chi connectivity index (χ1v) is 4.38.